The molecule has 5 nitrogen and oxygen atoms in total. The van der Waals surface area contributed by atoms with Gasteiger partial charge in [-0.05, 0) is 53.4 Å². The highest BCUT2D eigenvalue weighted by Crippen LogP contribution is 2.31. The molecule has 1 fully saturated rings. The van der Waals surface area contributed by atoms with Crippen molar-refractivity contribution in [3.63, 3.8) is 0 Å². The molecule has 4 rings (SSSR count). The van der Waals surface area contributed by atoms with Crippen LogP contribution in [0.4, 0.5) is 0 Å². The highest BCUT2D eigenvalue weighted by molar-refractivity contribution is 7.08. The van der Waals surface area contributed by atoms with Gasteiger partial charge in [-0.3, -0.25) is 9.20 Å². The second-order valence-electron chi connectivity index (χ2n) is 5.57. The lowest BCUT2D eigenvalue weighted by molar-refractivity contribution is -0.127. The van der Waals surface area contributed by atoms with Crippen LogP contribution < -0.4 is 0 Å². The van der Waals surface area contributed by atoms with E-state index in [4.69, 9.17) is 0 Å². The first-order chi connectivity index (χ1) is 11.3. The number of hydrogen-bond donors (Lipinski definition) is 0. The zero-order valence-corrected chi connectivity index (χ0v) is 13.3. The largest absolute Gasteiger partial charge is 0.329 e. The number of hydrogen-bond acceptors (Lipinski definition) is 4. The van der Waals surface area contributed by atoms with Gasteiger partial charge < -0.3 is 4.90 Å². The smallest absolute Gasteiger partial charge is 0.247 e. The van der Waals surface area contributed by atoms with Crippen molar-refractivity contribution >= 4 is 29.0 Å². The number of rotatable bonds is 3. The number of aromatic nitrogens is 3. The highest BCUT2D eigenvalue weighted by Gasteiger charge is 2.32. The van der Waals surface area contributed by atoms with E-state index in [1.807, 2.05) is 56.6 Å². The lowest BCUT2D eigenvalue weighted by Crippen LogP contribution is -2.30. The maximum absolute atomic E-state index is 12.6. The van der Waals surface area contributed by atoms with Crippen LogP contribution in [0.1, 0.15) is 30.3 Å². The summed E-state index contributed by atoms with van der Waals surface area (Å²) < 4.78 is 1.97. The molecule has 1 unspecified atom stereocenters. The van der Waals surface area contributed by atoms with Crippen molar-refractivity contribution in [2.24, 2.45) is 0 Å². The van der Waals surface area contributed by atoms with Crippen molar-refractivity contribution in [3.05, 3.63) is 58.7 Å². The number of carbonyl (C=O) groups is 1. The van der Waals surface area contributed by atoms with Crippen LogP contribution in [0.2, 0.25) is 0 Å². The summed E-state index contributed by atoms with van der Waals surface area (Å²) in [5.74, 6) is 0.877. The third kappa shape index (κ3) is 2.66. The van der Waals surface area contributed by atoms with Gasteiger partial charge in [0.1, 0.15) is 0 Å². The van der Waals surface area contributed by atoms with Gasteiger partial charge in [0.25, 0.3) is 0 Å². The average Bonchev–Trinajstić information content (AvgIpc) is 3.31. The van der Waals surface area contributed by atoms with Crippen LogP contribution in [0.3, 0.4) is 0 Å². The lowest BCUT2D eigenvalue weighted by Gasteiger charge is -2.22. The van der Waals surface area contributed by atoms with Crippen molar-refractivity contribution in [2.75, 3.05) is 6.54 Å². The van der Waals surface area contributed by atoms with E-state index in [1.54, 1.807) is 17.4 Å². The minimum atomic E-state index is -0.00738. The Morgan fingerprint density at radius 3 is 3.13 bits per heavy atom. The number of likely N-dealkylation sites (tertiary alicyclic amines) is 1. The third-order valence-electron chi connectivity index (χ3n) is 4.14. The summed E-state index contributed by atoms with van der Waals surface area (Å²) in [6, 6.07) is 7.81. The zero-order chi connectivity index (χ0) is 15.6. The minimum absolute atomic E-state index is 0.00738. The van der Waals surface area contributed by atoms with Crippen LogP contribution in [-0.2, 0) is 4.79 Å². The predicted octanol–water partition coefficient (Wildman–Crippen LogP) is 3.17. The molecule has 1 saturated heterocycles. The molecule has 6 heteroatoms. The standard InChI is InChI=1S/C17H16N4OS/c22-16(7-6-13-8-11-23-12-13)20-10-3-4-14(20)17-19-18-15-5-1-2-9-21(15)17/h1-2,5-9,11-12,14H,3-4,10H2/b7-6+. The van der Waals surface area contributed by atoms with E-state index in [1.165, 1.54) is 0 Å². The van der Waals surface area contributed by atoms with E-state index in [-0.39, 0.29) is 11.9 Å². The van der Waals surface area contributed by atoms with Gasteiger partial charge in [0, 0.05) is 18.8 Å². The molecule has 0 saturated carbocycles. The molecule has 1 aliphatic heterocycles. The molecule has 1 amide bonds. The quantitative estimate of drug-likeness (QED) is 0.695. The van der Waals surface area contributed by atoms with Crippen LogP contribution in [0, 0.1) is 0 Å². The molecule has 0 spiro atoms. The second-order valence-corrected chi connectivity index (χ2v) is 6.35. The van der Waals surface area contributed by atoms with Gasteiger partial charge in [0.2, 0.25) is 5.91 Å². The maximum Gasteiger partial charge on any atom is 0.247 e. The fourth-order valence-electron chi connectivity index (χ4n) is 3.02. The molecular weight excluding hydrogens is 308 g/mol. The third-order valence-corrected chi connectivity index (χ3v) is 4.84. The van der Waals surface area contributed by atoms with Crippen molar-refractivity contribution in [1.82, 2.24) is 19.5 Å². The van der Waals surface area contributed by atoms with Crippen LogP contribution in [0.15, 0.2) is 47.3 Å². The number of thiophene rings is 1. The predicted molar refractivity (Wildman–Crippen MR) is 90.0 cm³/mol. The zero-order valence-electron chi connectivity index (χ0n) is 12.5. The molecule has 0 aromatic carbocycles. The summed E-state index contributed by atoms with van der Waals surface area (Å²) in [6.07, 6.45) is 7.39. The second kappa shape index (κ2) is 5.96. The minimum Gasteiger partial charge on any atom is -0.329 e. The van der Waals surface area contributed by atoms with Gasteiger partial charge in [-0.25, -0.2) is 0 Å². The number of fused-ring (bicyclic) bond motifs is 1. The lowest BCUT2D eigenvalue weighted by atomic mass is 10.2. The van der Waals surface area contributed by atoms with E-state index in [9.17, 15) is 4.79 Å². The van der Waals surface area contributed by atoms with Gasteiger partial charge in [-0.1, -0.05) is 6.07 Å². The van der Waals surface area contributed by atoms with Crippen molar-refractivity contribution in [2.45, 2.75) is 18.9 Å². The molecule has 3 aromatic heterocycles. The first kappa shape index (κ1) is 14.1. The van der Waals surface area contributed by atoms with E-state index < -0.39 is 0 Å². The molecule has 116 valence electrons. The number of carbonyl (C=O) groups excluding carboxylic acids is 1. The number of nitrogens with zero attached hydrogens (tertiary/aromatic N) is 4. The normalized spacial score (nSPS) is 18.3. The molecule has 4 heterocycles. The summed E-state index contributed by atoms with van der Waals surface area (Å²) in [6.45, 7) is 0.763. The monoisotopic (exact) mass is 324 g/mol. The Bertz CT molecular complexity index is 852. The Hall–Kier alpha value is -2.47. The molecule has 0 N–H and O–H groups in total. The number of amides is 1. The van der Waals surface area contributed by atoms with E-state index in [0.717, 1.165) is 36.4 Å². The fraction of sp³-hybridized carbons (Fsp3) is 0.235. The molecule has 23 heavy (non-hydrogen) atoms. The Kier molecular flexibility index (Phi) is 3.67. The Labute approximate surface area is 137 Å². The maximum atomic E-state index is 12.6. The summed E-state index contributed by atoms with van der Waals surface area (Å²) in [7, 11) is 0. The van der Waals surface area contributed by atoms with Gasteiger partial charge in [-0.2, -0.15) is 11.3 Å². The van der Waals surface area contributed by atoms with Gasteiger partial charge >= 0.3 is 0 Å². The van der Waals surface area contributed by atoms with Gasteiger partial charge in [-0.15, -0.1) is 10.2 Å². The molecule has 0 radical (unpaired) electrons. The van der Waals surface area contributed by atoms with Crippen LogP contribution in [-0.4, -0.2) is 31.9 Å². The topological polar surface area (TPSA) is 50.5 Å². The fourth-order valence-corrected chi connectivity index (χ4v) is 3.65. The van der Waals surface area contributed by atoms with Crippen LogP contribution >= 0.6 is 11.3 Å². The molecular formula is C17H16N4OS. The van der Waals surface area contributed by atoms with E-state index in [2.05, 4.69) is 10.2 Å². The molecule has 0 bridgehead atoms. The molecule has 1 atom stereocenters. The number of pyridine rings is 1. The van der Waals surface area contributed by atoms with Crippen LogP contribution in [0.5, 0.6) is 0 Å². The summed E-state index contributed by atoms with van der Waals surface area (Å²) in [5, 5.41) is 12.5. The highest BCUT2D eigenvalue weighted by atomic mass is 32.1. The summed E-state index contributed by atoms with van der Waals surface area (Å²) >= 11 is 1.63. The average molecular weight is 324 g/mol. The van der Waals surface area contributed by atoms with Crippen LogP contribution in [0.25, 0.3) is 11.7 Å². The van der Waals surface area contributed by atoms with E-state index in [0.29, 0.717) is 0 Å². The van der Waals surface area contributed by atoms with Gasteiger partial charge in [0.15, 0.2) is 11.5 Å². The van der Waals surface area contributed by atoms with Gasteiger partial charge in [0.05, 0.1) is 6.04 Å². The first-order valence-corrected chi connectivity index (χ1v) is 8.58. The van der Waals surface area contributed by atoms with Crippen molar-refractivity contribution < 1.29 is 4.79 Å². The van der Waals surface area contributed by atoms with Crippen molar-refractivity contribution in [1.29, 1.82) is 0 Å². The molecule has 1 aliphatic rings. The SMILES string of the molecule is O=C(/C=C/c1ccsc1)N1CCCC1c1nnc2ccccn12. The van der Waals surface area contributed by atoms with Crippen molar-refractivity contribution in [3.8, 4) is 0 Å². The molecule has 0 aliphatic carbocycles. The Morgan fingerprint density at radius 2 is 2.26 bits per heavy atom. The summed E-state index contributed by atoms with van der Waals surface area (Å²) in [5.41, 5.74) is 1.88. The molecule has 3 aromatic rings. The van der Waals surface area contributed by atoms with E-state index >= 15 is 0 Å². The summed E-state index contributed by atoms with van der Waals surface area (Å²) in [4.78, 5) is 14.5. The first-order valence-electron chi connectivity index (χ1n) is 7.63. The Morgan fingerprint density at radius 1 is 1.30 bits per heavy atom. The Balaban J connectivity index is 1.60.